The van der Waals surface area contributed by atoms with E-state index in [0.717, 1.165) is 57.8 Å². The Hall–Kier alpha value is -2.78. The first-order valence-corrected chi connectivity index (χ1v) is 27.9. The first-order valence-electron chi connectivity index (χ1n) is 24.9. The van der Waals surface area contributed by atoms with Gasteiger partial charge in [-0.2, -0.15) is 0 Å². The second-order valence-corrected chi connectivity index (χ2v) is 19.4. The Labute approximate surface area is 408 Å². The predicted molar refractivity (Wildman–Crippen MR) is 270 cm³/mol. The summed E-state index contributed by atoms with van der Waals surface area (Å²) in [5.74, 6) is -1.13. The number of phosphoric acid groups is 2. The Morgan fingerprint density at radius 3 is 1.01 bits per heavy atom. The van der Waals surface area contributed by atoms with Crippen molar-refractivity contribution >= 4 is 27.6 Å². The highest BCUT2D eigenvalue weighted by molar-refractivity contribution is 7.47. The summed E-state index contributed by atoms with van der Waals surface area (Å²) in [6, 6.07) is 0. The van der Waals surface area contributed by atoms with Crippen LogP contribution in [0, 0.1) is 0 Å². The average Bonchev–Trinajstić information content (AvgIpc) is 3.31. The molecule has 5 N–H and O–H groups in total. The number of hydrogen-bond acceptors (Lipinski definition) is 13. The molecule has 0 aliphatic carbocycles. The Balaban J connectivity index is 3.98. The fourth-order valence-electron chi connectivity index (χ4n) is 6.06. The number of aliphatic hydroxyl groups excluding tert-OH is 3. The quantitative estimate of drug-likeness (QED) is 0.0165. The molecular weight excluding hydrogens is 914 g/mol. The third-order valence-electron chi connectivity index (χ3n) is 9.90. The van der Waals surface area contributed by atoms with Gasteiger partial charge in [0.05, 0.1) is 32.8 Å². The normalized spacial score (nSPS) is 15.7. The Morgan fingerprint density at radius 1 is 0.397 bits per heavy atom. The van der Waals surface area contributed by atoms with Crippen molar-refractivity contribution in [1.82, 2.24) is 0 Å². The summed E-state index contributed by atoms with van der Waals surface area (Å²) in [4.78, 5) is 43.7. The highest BCUT2D eigenvalue weighted by atomic mass is 31.2. The van der Waals surface area contributed by atoms with Crippen LogP contribution in [0.1, 0.15) is 168 Å². The van der Waals surface area contributed by atoms with Gasteiger partial charge in [0.1, 0.15) is 31.5 Å². The highest BCUT2D eigenvalue weighted by Crippen LogP contribution is 2.45. The van der Waals surface area contributed by atoms with E-state index in [9.17, 15) is 43.8 Å². The van der Waals surface area contributed by atoms with E-state index in [0.29, 0.717) is 12.8 Å². The van der Waals surface area contributed by atoms with Gasteiger partial charge in [0.25, 0.3) is 0 Å². The van der Waals surface area contributed by atoms with Gasteiger partial charge in [-0.25, -0.2) is 9.13 Å². The summed E-state index contributed by atoms with van der Waals surface area (Å²) < 4.78 is 52.9. The van der Waals surface area contributed by atoms with E-state index in [4.69, 9.17) is 9.47 Å². The fourth-order valence-corrected chi connectivity index (χ4v) is 7.65. The number of carbonyl (C=O) groups is 2. The topological polar surface area (TPSA) is 225 Å². The third kappa shape index (κ3) is 48.3. The third-order valence-corrected chi connectivity index (χ3v) is 11.8. The molecule has 0 saturated heterocycles. The average molecular weight is 1000 g/mol. The highest BCUT2D eigenvalue weighted by Gasteiger charge is 2.28. The molecule has 15 nitrogen and oxygen atoms in total. The van der Waals surface area contributed by atoms with Crippen molar-refractivity contribution in [2.75, 3.05) is 39.6 Å². The van der Waals surface area contributed by atoms with Gasteiger partial charge >= 0.3 is 27.6 Å². The van der Waals surface area contributed by atoms with Crippen molar-refractivity contribution in [3.8, 4) is 0 Å². The van der Waals surface area contributed by atoms with Gasteiger partial charge in [-0.3, -0.25) is 27.7 Å². The zero-order valence-electron chi connectivity index (χ0n) is 41.2. The van der Waals surface area contributed by atoms with Crippen LogP contribution in [0.4, 0.5) is 0 Å². The molecule has 0 aliphatic heterocycles. The van der Waals surface area contributed by atoms with Crippen LogP contribution >= 0.6 is 15.6 Å². The molecule has 0 fully saturated rings. The minimum atomic E-state index is -4.81. The maximum Gasteiger partial charge on any atom is 0.472 e. The lowest BCUT2D eigenvalue weighted by Crippen LogP contribution is -2.25. The van der Waals surface area contributed by atoms with E-state index in [-0.39, 0.29) is 12.8 Å². The summed E-state index contributed by atoms with van der Waals surface area (Å²) in [6.45, 7) is 0.186. The van der Waals surface area contributed by atoms with Gasteiger partial charge in [-0.15, -0.1) is 0 Å². The van der Waals surface area contributed by atoms with Crippen molar-refractivity contribution in [2.45, 2.75) is 186 Å². The lowest BCUT2D eigenvalue weighted by molar-refractivity contribution is -0.147. The number of hydrogen-bond donors (Lipinski definition) is 5. The van der Waals surface area contributed by atoms with Gasteiger partial charge in [0.2, 0.25) is 0 Å². The first-order chi connectivity index (χ1) is 32.8. The molecule has 0 aromatic carbocycles. The smallest absolute Gasteiger partial charge is 0.463 e. The van der Waals surface area contributed by atoms with E-state index in [1.807, 2.05) is 12.2 Å². The number of carbonyl (C=O) groups excluding carboxylic acids is 2. The molecule has 0 aromatic heterocycles. The molecule has 5 atom stereocenters. The number of ether oxygens (including phenoxy) is 2. The SMILES string of the molecule is CC/C=C\C/C=C\C/C=C\C/C=C\C/C=C\C/C=C\C/C=C\CC(=O)OCC(O)COP(=O)(O)OCC(O)COP(=O)(O)OCC(O)COC(=O)CCCCCCCCCCCCCCCCC. The summed E-state index contributed by atoms with van der Waals surface area (Å²) in [7, 11) is -9.61. The van der Waals surface area contributed by atoms with Crippen LogP contribution in [-0.2, 0) is 46.3 Å². The maximum absolute atomic E-state index is 12.2. The van der Waals surface area contributed by atoms with Crippen LogP contribution in [0.15, 0.2) is 85.1 Å². The largest absolute Gasteiger partial charge is 0.472 e. The van der Waals surface area contributed by atoms with Crippen molar-refractivity contribution in [1.29, 1.82) is 0 Å². The Bertz CT molecular complexity index is 1540. The first kappa shape index (κ1) is 65.2. The van der Waals surface area contributed by atoms with Crippen LogP contribution in [-0.4, -0.2) is 95.0 Å². The predicted octanol–water partition coefficient (Wildman–Crippen LogP) is 11.7. The van der Waals surface area contributed by atoms with Gasteiger partial charge < -0.3 is 34.6 Å². The van der Waals surface area contributed by atoms with Crippen LogP contribution in [0.2, 0.25) is 0 Å². The molecule has 0 aliphatic rings. The van der Waals surface area contributed by atoms with E-state index >= 15 is 0 Å². The van der Waals surface area contributed by atoms with Crippen molar-refractivity contribution in [2.24, 2.45) is 0 Å². The molecule has 0 amide bonds. The minimum absolute atomic E-state index is 0.0425. The van der Waals surface area contributed by atoms with Gasteiger partial charge in [-0.1, -0.05) is 189 Å². The molecule has 17 heteroatoms. The lowest BCUT2D eigenvalue weighted by atomic mass is 10.0. The molecule has 0 spiro atoms. The van der Waals surface area contributed by atoms with E-state index in [2.05, 4.69) is 92.7 Å². The zero-order chi connectivity index (χ0) is 50.2. The number of rotatable bonds is 47. The monoisotopic (exact) mass is 1000 g/mol. The van der Waals surface area contributed by atoms with Crippen LogP contribution in [0.25, 0.3) is 0 Å². The van der Waals surface area contributed by atoms with E-state index in [1.165, 1.54) is 70.6 Å². The molecule has 0 rings (SSSR count). The van der Waals surface area contributed by atoms with Crippen LogP contribution < -0.4 is 0 Å². The molecule has 0 bridgehead atoms. The molecule has 0 heterocycles. The number of phosphoric ester groups is 2. The summed E-state index contributed by atoms with van der Waals surface area (Å²) in [6.07, 6.45) is 48.8. The van der Waals surface area contributed by atoms with Gasteiger partial charge in [-0.05, 0) is 51.4 Å². The van der Waals surface area contributed by atoms with Crippen LogP contribution in [0.5, 0.6) is 0 Å². The summed E-state index contributed by atoms with van der Waals surface area (Å²) >= 11 is 0. The molecule has 0 aromatic rings. The Kier molecular flexibility index (Phi) is 44.7. The molecule has 5 unspecified atom stereocenters. The number of allylic oxidation sites excluding steroid dienone is 13. The standard InChI is InChI=1S/C51H88O15P2/c1-3-5-7-9-11-13-15-17-19-20-21-22-23-24-26-28-30-32-34-36-38-40-51(56)62-42-48(53)44-64-68(59,60)66-46-49(54)45-65-67(57,58)63-43-47(52)41-61-50(55)39-37-35-33-31-29-27-25-18-16-14-12-10-8-6-4-2/h5,7,11,13,17,19,21-22,24,26,30,32,36,38,47-49,52-54H,3-4,6,8-10,12,14-16,18,20,23,25,27-29,31,33-35,37,39-46H2,1-2H3,(H,57,58)(H,59,60)/b7-5-,13-11-,19-17-,22-21-,26-24-,32-30-,38-36-. The molecule has 392 valence electrons. The molecule has 0 saturated carbocycles. The van der Waals surface area contributed by atoms with Crippen molar-refractivity contribution in [3.05, 3.63) is 85.1 Å². The Morgan fingerprint density at radius 2 is 0.676 bits per heavy atom. The van der Waals surface area contributed by atoms with Crippen molar-refractivity contribution in [3.63, 3.8) is 0 Å². The maximum atomic E-state index is 12.2. The summed E-state index contributed by atoms with van der Waals surface area (Å²) in [5, 5.41) is 30.0. The number of unbranched alkanes of at least 4 members (excludes halogenated alkanes) is 14. The lowest BCUT2D eigenvalue weighted by Gasteiger charge is -2.19. The molecule has 0 radical (unpaired) electrons. The van der Waals surface area contributed by atoms with Gasteiger partial charge in [0, 0.05) is 6.42 Å². The fraction of sp³-hybridized carbons (Fsp3) is 0.686. The van der Waals surface area contributed by atoms with Crippen molar-refractivity contribution < 1.29 is 71.4 Å². The van der Waals surface area contributed by atoms with E-state index in [1.54, 1.807) is 12.2 Å². The number of esters is 2. The second-order valence-electron chi connectivity index (χ2n) is 16.5. The summed E-state index contributed by atoms with van der Waals surface area (Å²) in [5.41, 5.74) is 0. The minimum Gasteiger partial charge on any atom is -0.463 e. The number of aliphatic hydroxyl groups is 3. The molecule has 68 heavy (non-hydrogen) atoms. The zero-order valence-corrected chi connectivity index (χ0v) is 43.0. The molecular formula is C51H88O15P2. The van der Waals surface area contributed by atoms with Gasteiger partial charge in [0.15, 0.2) is 0 Å². The van der Waals surface area contributed by atoms with Crippen LogP contribution in [0.3, 0.4) is 0 Å². The second kappa shape index (κ2) is 46.6. The van der Waals surface area contributed by atoms with E-state index < -0.39 is 85.5 Å².